The summed E-state index contributed by atoms with van der Waals surface area (Å²) in [5, 5.41) is 3.47. The van der Waals surface area contributed by atoms with Crippen LogP contribution in [0.1, 0.15) is 0 Å². The summed E-state index contributed by atoms with van der Waals surface area (Å²) in [6, 6.07) is 13.5. The Hall–Kier alpha value is -1.57. The molecule has 1 amide bonds. The molecule has 118 valence electrons. The van der Waals surface area contributed by atoms with Gasteiger partial charge in [0.25, 0.3) is 0 Å². The van der Waals surface area contributed by atoms with E-state index in [0.29, 0.717) is 10.9 Å². The van der Waals surface area contributed by atoms with Gasteiger partial charge in [0.15, 0.2) is 5.13 Å². The second-order valence-corrected chi connectivity index (χ2v) is 7.64. The normalized spacial score (nSPS) is 10.7. The molecule has 1 heterocycles. The smallest absolute Gasteiger partial charge is 0.236 e. The molecule has 0 aliphatic carbocycles. The number of hydrogen-bond donors (Lipinski definition) is 1. The molecule has 1 N–H and O–H groups in total. The van der Waals surface area contributed by atoms with Crippen LogP contribution in [0.25, 0.3) is 10.2 Å². The van der Waals surface area contributed by atoms with Gasteiger partial charge in [0.05, 0.1) is 23.1 Å². The Labute approximate surface area is 150 Å². The van der Waals surface area contributed by atoms with E-state index in [4.69, 9.17) is 4.74 Å². The molecular weight excluding hydrogens is 396 g/mol. The van der Waals surface area contributed by atoms with Crippen LogP contribution in [0.2, 0.25) is 0 Å². The summed E-state index contributed by atoms with van der Waals surface area (Å²) in [6.07, 6.45) is 0. The van der Waals surface area contributed by atoms with Gasteiger partial charge in [0.2, 0.25) is 5.91 Å². The summed E-state index contributed by atoms with van der Waals surface area (Å²) in [6.45, 7) is 0. The quantitative estimate of drug-likeness (QED) is 0.616. The van der Waals surface area contributed by atoms with Crippen molar-refractivity contribution in [1.82, 2.24) is 4.98 Å². The number of methoxy groups -OCH3 is 1. The molecule has 0 unspecified atom stereocenters. The first-order valence-corrected chi connectivity index (χ1v) is 9.36. The van der Waals surface area contributed by atoms with E-state index in [1.54, 1.807) is 7.11 Å². The van der Waals surface area contributed by atoms with Crippen molar-refractivity contribution in [3.63, 3.8) is 0 Å². The van der Waals surface area contributed by atoms with E-state index in [1.807, 2.05) is 42.5 Å². The number of halogens is 1. The standard InChI is InChI=1S/C16H13BrN2O2S2/c1-21-11-3-5-12(6-4-11)22-9-15(20)19-16-18-13-7-2-10(17)8-14(13)23-16/h2-8H,9H2,1H3,(H,18,19,20). The van der Waals surface area contributed by atoms with E-state index >= 15 is 0 Å². The number of nitrogens with one attached hydrogen (secondary N) is 1. The number of thioether (sulfide) groups is 1. The summed E-state index contributed by atoms with van der Waals surface area (Å²) in [5.41, 5.74) is 0.885. The van der Waals surface area contributed by atoms with Crippen LogP contribution in [0.5, 0.6) is 5.75 Å². The number of anilines is 1. The number of carbonyl (C=O) groups is 1. The van der Waals surface area contributed by atoms with Gasteiger partial charge in [-0.3, -0.25) is 4.79 Å². The molecule has 0 aliphatic rings. The summed E-state index contributed by atoms with van der Waals surface area (Å²) in [4.78, 5) is 17.5. The van der Waals surface area contributed by atoms with Gasteiger partial charge >= 0.3 is 0 Å². The molecule has 3 aromatic rings. The van der Waals surface area contributed by atoms with Gasteiger partial charge in [-0.05, 0) is 42.5 Å². The molecule has 1 aromatic heterocycles. The minimum Gasteiger partial charge on any atom is -0.497 e. The molecule has 0 saturated heterocycles. The lowest BCUT2D eigenvalue weighted by atomic mass is 10.3. The maximum absolute atomic E-state index is 12.1. The lowest BCUT2D eigenvalue weighted by Gasteiger charge is -2.03. The zero-order valence-electron chi connectivity index (χ0n) is 12.2. The van der Waals surface area contributed by atoms with Crippen molar-refractivity contribution >= 4 is 60.3 Å². The van der Waals surface area contributed by atoms with Crippen molar-refractivity contribution in [3.05, 3.63) is 46.9 Å². The molecule has 23 heavy (non-hydrogen) atoms. The van der Waals surface area contributed by atoms with Crippen molar-refractivity contribution in [1.29, 1.82) is 0 Å². The van der Waals surface area contributed by atoms with Crippen molar-refractivity contribution < 1.29 is 9.53 Å². The maximum atomic E-state index is 12.1. The Bertz CT molecular complexity index is 834. The van der Waals surface area contributed by atoms with Crippen molar-refractivity contribution in [2.24, 2.45) is 0 Å². The van der Waals surface area contributed by atoms with E-state index in [9.17, 15) is 4.79 Å². The molecule has 0 bridgehead atoms. The number of aromatic nitrogens is 1. The van der Waals surface area contributed by atoms with E-state index < -0.39 is 0 Å². The predicted octanol–water partition coefficient (Wildman–Crippen LogP) is 4.80. The third kappa shape index (κ3) is 4.25. The average molecular weight is 409 g/mol. The Morgan fingerprint density at radius 1 is 1.30 bits per heavy atom. The molecule has 4 nitrogen and oxygen atoms in total. The summed E-state index contributed by atoms with van der Waals surface area (Å²) in [5.74, 6) is 1.08. The minimum absolute atomic E-state index is 0.0658. The number of ether oxygens (including phenoxy) is 1. The van der Waals surface area contributed by atoms with E-state index in [-0.39, 0.29) is 5.91 Å². The molecule has 7 heteroatoms. The second kappa shape index (κ2) is 7.33. The van der Waals surface area contributed by atoms with Gasteiger partial charge in [-0.15, -0.1) is 11.8 Å². The van der Waals surface area contributed by atoms with Gasteiger partial charge in [-0.2, -0.15) is 0 Å². The van der Waals surface area contributed by atoms with Gasteiger partial charge in [-0.25, -0.2) is 4.98 Å². The van der Waals surface area contributed by atoms with Gasteiger partial charge in [0, 0.05) is 9.37 Å². The number of rotatable bonds is 5. The van der Waals surface area contributed by atoms with Crippen LogP contribution in [0.15, 0.2) is 51.8 Å². The fourth-order valence-corrected chi connectivity index (χ4v) is 4.06. The molecule has 2 aromatic carbocycles. The van der Waals surface area contributed by atoms with Gasteiger partial charge in [0.1, 0.15) is 5.75 Å². The molecule has 0 fully saturated rings. The molecular formula is C16H13BrN2O2S2. The first-order chi connectivity index (χ1) is 11.1. The first kappa shape index (κ1) is 16.3. The number of benzene rings is 2. The highest BCUT2D eigenvalue weighted by Gasteiger charge is 2.09. The van der Waals surface area contributed by atoms with E-state index in [2.05, 4.69) is 26.2 Å². The third-order valence-corrected chi connectivity index (χ3v) is 5.47. The molecule has 0 radical (unpaired) electrons. The molecule has 0 atom stereocenters. The molecule has 0 saturated carbocycles. The number of fused-ring (bicyclic) bond motifs is 1. The first-order valence-electron chi connectivity index (χ1n) is 6.77. The number of hydrogen-bond acceptors (Lipinski definition) is 5. The minimum atomic E-state index is -0.0658. The topological polar surface area (TPSA) is 51.2 Å². The fourth-order valence-electron chi connectivity index (χ4n) is 1.93. The largest absolute Gasteiger partial charge is 0.497 e. The Morgan fingerprint density at radius 2 is 2.09 bits per heavy atom. The highest BCUT2D eigenvalue weighted by atomic mass is 79.9. The van der Waals surface area contributed by atoms with Gasteiger partial charge < -0.3 is 10.1 Å². The number of amides is 1. The van der Waals surface area contributed by atoms with Crippen LogP contribution in [0, 0.1) is 0 Å². The van der Waals surface area contributed by atoms with Crippen molar-refractivity contribution in [3.8, 4) is 5.75 Å². The number of nitrogens with zero attached hydrogens (tertiary/aromatic N) is 1. The maximum Gasteiger partial charge on any atom is 0.236 e. The Balaban J connectivity index is 1.59. The van der Waals surface area contributed by atoms with Crippen LogP contribution < -0.4 is 10.1 Å². The lowest BCUT2D eigenvalue weighted by Crippen LogP contribution is -2.13. The summed E-state index contributed by atoms with van der Waals surface area (Å²) in [7, 11) is 1.63. The average Bonchev–Trinajstić information content (AvgIpc) is 2.94. The zero-order valence-corrected chi connectivity index (χ0v) is 15.4. The zero-order chi connectivity index (χ0) is 16.2. The van der Waals surface area contributed by atoms with Crippen molar-refractivity contribution in [2.75, 3.05) is 18.2 Å². The summed E-state index contributed by atoms with van der Waals surface area (Å²) < 4.78 is 7.15. The van der Waals surface area contributed by atoms with E-state index in [1.165, 1.54) is 23.1 Å². The molecule has 3 rings (SSSR count). The van der Waals surface area contributed by atoms with Gasteiger partial charge in [-0.1, -0.05) is 27.3 Å². The predicted molar refractivity (Wildman–Crippen MR) is 99.7 cm³/mol. The van der Waals surface area contributed by atoms with Crippen LogP contribution >= 0.6 is 39.0 Å². The number of thiazole rings is 1. The Morgan fingerprint density at radius 3 is 2.83 bits per heavy atom. The second-order valence-electron chi connectivity index (χ2n) is 4.64. The van der Waals surface area contributed by atoms with E-state index in [0.717, 1.165) is 25.3 Å². The highest BCUT2D eigenvalue weighted by Crippen LogP contribution is 2.29. The summed E-state index contributed by atoms with van der Waals surface area (Å²) >= 11 is 6.38. The van der Waals surface area contributed by atoms with Crippen LogP contribution in [0.4, 0.5) is 5.13 Å². The van der Waals surface area contributed by atoms with Crippen LogP contribution in [0.3, 0.4) is 0 Å². The fraction of sp³-hybridized carbons (Fsp3) is 0.125. The molecule has 0 aliphatic heterocycles. The highest BCUT2D eigenvalue weighted by molar-refractivity contribution is 9.10. The number of carbonyl (C=O) groups excluding carboxylic acids is 1. The molecule has 0 spiro atoms. The Kier molecular flexibility index (Phi) is 5.20. The van der Waals surface area contributed by atoms with Crippen LogP contribution in [-0.4, -0.2) is 23.8 Å². The SMILES string of the molecule is COc1ccc(SCC(=O)Nc2nc3ccc(Br)cc3s2)cc1. The monoisotopic (exact) mass is 408 g/mol. The van der Waals surface area contributed by atoms with Crippen molar-refractivity contribution in [2.45, 2.75) is 4.90 Å². The third-order valence-electron chi connectivity index (χ3n) is 3.03. The lowest BCUT2D eigenvalue weighted by molar-refractivity contribution is -0.113. The van der Waals surface area contributed by atoms with Crippen LogP contribution in [-0.2, 0) is 4.79 Å².